The van der Waals surface area contributed by atoms with Crippen LogP contribution in [0.5, 0.6) is 0 Å². The van der Waals surface area contributed by atoms with E-state index in [9.17, 15) is 22.8 Å². The predicted molar refractivity (Wildman–Crippen MR) is 123 cm³/mol. The average molecular weight is 468 g/mol. The van der Waals surface area contributed by atoms with Gasteiger partial charge in [0.15, 0.2) is 0 Å². The third-order valence-electron chi connectivity index (χ3n) is 5.72. The fourth-order valence-electron chi connectivity index (χ4n) is 4.14. The van der Waals surface area contributed by atoms with Gasteiger partial charge in [0.2, 0.25) is 5.91 Å². The van der Waals surface area contributed by atoms with Crippen LogP contribution in [0.3, 0.4) is 0 Å². The van der Waals surface area contributed by atoms with Crippen molar-refractivity contribution in [2.75, 3.05) is 0 Å². The van der Waals surface area contributed by atoms with Gasteiger partial charge in [-0.2, -0.15) is 13.2 Å². The third kappa shape index (κ3) is 7.90. The highest BCUT2D eigenvalue weighted by atomic mass is 19.4. The normalized spacial score (nSPS) is 19.4. The van der Waals surface area contributed by atoms with Crippen LogP contribution in [-0.2, 0) is 9.53 Å². The first-order valence-corrected chi connectivity index (χ1v) is 11.9. The zero-order valence-electron chi connectivity index (χ0n) is 20.1. The number of imide groups is 1. The number of hydrogen-bond acceptors (Lipinski definition) is 3. The molecular formula is C26H36F3NO3. The van der Waals surface area contributed by atoms with Gasteiger partial charge in [0.25, 0.3) is 0 Å². The molecule has 184 valence electrons. The highest BCUT2D eigenvalue weighted by molar-refractivity contribution is 5.97. The molecule has 0 radical (unpaired) electrons. The van der Waals surface area contributed by atoms with Gasteiger partial charge >= 0.3 is 12.3 Å². The number of halogens is 3. The van der Waals surface area contributed by atoms with Gasteiger partial charge in [-0.1, -0.05) is 82.2 Å². The number of carbonyl (C=O) groups is 2. The smallest absolute Gasteiger partial charge is 0.431 e. The van der Waals surface area contributed by atoms with E-state index in [0.717, 1.165) is 38.2 Å². The van der Waals surface area contributed by atoms with Crippen LogP contribution in [0.2, 0.25) is 0 Å². The molecular weight excluding hydrogens is 431 g/mol. The molecule has 2 amide bonds. The Balaban J connectivity index is 2.33. The van der Waals surface area contributed by atoms with E-state index in [1.807, 2.05) is 0 Å². The van der Waals surface area contributed by atoms with E-state index >= 15 is 0 Å². The lowest BCUT2D eigenvalue weighted by Crippen LogP contribution is -2.50. The van der Waals surface area contributed by atoms with Crippen molar-refractivity contribution in [1.82, 2.24) is 4.90 Å². The van der Waals surface area contributed by atoms with E-state index in [1.165, 1.54) is 6.42 Å². The van der Waals surface area contributed by atoms with Gasteiger partial charge in [0.1, 0.15) is 11.3 Å². The molecule has 0 saturated carbocycles. The summed E-state index contributed by atoms with van der Waals surface area (Å²) in [7, 11) is 0. The fourth-order valence-corrected chi connectivity index (χ4v) is 4.14. The summed E-state index contributed by atoms with van der Waals surface area (Å²) in [4.78, 5) is 26.3. The molecule has 4 nitrogen and oxygen atoms in total. The Morgan fingerprint density at radius 2 is 1.55 bits per heavy atom. The molecule has 1 aromatic rings. The van der Waals surface area contributed by atoms with E-state index < -0.39 is 41.3 Å². The lowest BCUT2D eigenvalue weighted by molar-refractivity contribution is -0.147. The Kier molecular flexibility index (Phi) is 9.56. The highest BCUT2D eigenvalue weighted by Gasteiger charge is 2.50. The van der Waals surface area contributed by atoms with Gasteiger partial charge in [-0.25, -0.2) is 9.69 Å². The van der Waals surface area contributed by atoms with Crippen LogP contribution >= 0.6 is 0 Å². The first-order chi connectivity index (χ1) is 15.5. The van der Waals surface area contributed by atoms with Crippen LogP contribution in [-0.4, -0.2) is 28.7 Å². The number of hydrogen-bond donors (Lipinski definition) is 0. The lowest BCUT2D eigenvalue weighted by Gasteiger charge is -2.37. The number of benzene rings is 1. The summed E-state index contributed by atoms with van der Waals surface area (Å²) in [6.07, 6.45) is 2.52. The van der Waals surface area contributed by atoms with Crippen molar-refractivity contribution in [3.05, 3.63) is 47.7 Å². The molecule has 0 unspecified atom stereocenters. The summed E-state index contributed by atoms with van der Waals surface area (Å²) in [5.74, 6) is -2.37. The molecule has 0 aromatic heterocycles. The number of allylic oxidation sites excluding steroid dienone is 2. The number of alkyl halides is 3. The number of ether oxygens (including phenoxy) is 1. The van der Waals surface area contributed by atoms with Crippen LogP contribution in [0, 0.1) is 5.92 Å². The predicted octanol–water partition coefficient (Wildman–Crippen LogP) is 7.75. The quantitative estimate of drug-likeness (QED) is 0.349. The first kappa shape index (κ1) is 26.9. The van der Waals surface area contributed by atoms with Crippen LogP contribution in [0.25, 0.3) is 0 Å². The van der Waals surface area contributed by atoms with Crippen LogP contribution < -0.4 is 0 Å². The second-order valence-corrected chi connectivity index (χ2v) is 9.66. The Morgan fingerprint density at radius 1 is 0.970 bits per heavy atom. The molecule has 0 fully saturated rings. The van der Waals surface area contributed by atoms with E-state index in [0.29, 0.717) is 18.4 Å². The van der Waals surface area contributed by atoms with Gasteiger partial charge in [-0.05, 0) is 38.8 Å². The average Bonchev–Trinajstić information content (AvgIpc) is 2.72. The number of rotatable bonds is 9. The minimum Gasteiger partial charge on any atom is -0.443 e. The van der Waals surface area contributed by atoms with Crippen molar-refractivity contribution >= 4 is 12.0 Å². The summed E-state index contributed by atoms with van der Waals surface area (Å²) >= 11 is 0. The Bertz CT molecular complexity index is 812. The molecule has 1 aliphatic rings. The number of unbranched alkanes of at least 4 members (excludes halogenated alkanes) is 6. The molecule has 1 aliphatic heterocycles. The second-order valence-electron chi connectivity index (χ2n) is 9.66. The summed E-state index contributed by atoms with van der Waals surface area (Å²) in [6.45, 7) is 6.81. The Labute approximate surface area is 195 Å². The van der Waals surface area contributed by atoms with E-state index in [2.05, 4.69) is 6.92 Å². The molecule has 2 atom stereocenters. The van der Waals surface area contributed by atoms with Crippen molar-refractivity contribution < 1.29 is 27.5 Å². The van der Waals surface area contributed by atoms with Gasteiger partial charge in [-0.3, -0.25) is 4.79 Å². The van der Waals surface area contributed by atoms with Gasteiger partial charge < -0.3 is 4.74 Å². The summed E-state index contributed by atoms with van der Waals surface area (Å²) in [6, 6.07) is 8.71. The summed E-state index contributed by atoms with van der Waals surface area (Å²) in [5, 5.41) is 0. The monoisotopic (exact) mass is 467 g/mol. The van der Waals surface area contributed by atoms with Crippen molar-refractivity contribution in [1.29, 1.82) is 0 Å². The first-order valence-electron chi connectivity index (χ1n) is 11.9. The standard InChI is InChI=1S/C26H36F3NO3/c1-5-6-7-8-9-10-14-17-20-21(19-15-12-11-13-16-19)18-22(26(27,28)29)30(23(20)31)24(32)33-25(2,3)4/h11-13,15-16,18,20-21H,5-10,14,17H2,1-4H3/t20-,21+/m0/s1. The minimum absolute atomic E-state index is 0.205. The molecule has 0 spiro atoms. The molecule has 33 heavy (non-hydrogen) atoms. The van der Waals surface area contributed by atoms with Crippen molar-refractivity contribution in [2.45, 2.75) is 96.8 Å². The number of carbonyl (C=O) groups excluding carboxylic acids is 2. The van der Waals surface area contributed by atoms with Crippen molar-refractivity contribution in [3.8, 4) is 0 Å². The molecule has 2 rings (SSSR count). The number of amides is 2. The molecule has 1 heterocycles. The van der Waals surface area contributed by atoms with E-state index in [-0.39, 0.29) is 4.90 Å². The minimum atomic E-state index is -4.87. The summed E-state index contributed by atoms with van der Waals surface area (Å²) < 4.78 is 47.0. The molecule has 0 saturated heterocycles. The molecule has 0 N–H and O–H groups in total. The van der Waals surface area contributed by atoms with Crippen molar-refractivity contribution in [2.24, 2.45) is 5.92 Å². The van der Waals surface area contributed by atoms with Crippen molar-refractivity contribution in [3.63, 3.8) is 0 Å². The third-order valence-corrected chi connectivity index (χ3v) is 5.72. The maximum Gasteiger partial charge on any atom is 0.431 e. The zero-order chi connectivity index (χ0) is 24.6. The molecule has 7 heteroatoms. The Morgan fingerprint density at radius 3 is 2.09 bits per heavy atom. The van der Waals surface area contributed by atoms with Crippen LogP contribution in [0.15, 0.2) is 42.1 Å². The van der Waals surface area contributed by atoms with Gasteiger partial charge in [0, 0.05) is 11.8 Å². The van der Waals surface area contributed by atoms with E-state index in [4.69, 9.17) is 4.74 Å². The molecule has 0 bridgehead atoms. The number of nitrogens with zero attached hydrogens (tertiary/aromatic N) is 1. The van der Waals surface area contributed by atoms with Crippen LogP contribution in [0.1, 0.15) is 90.5 Å². The maximum absolute atomic E-state index is 14.0. The highest BCUT2D eigenvalue weighted by Crippen LogP contribution is 2.43. The molecule has 1 aromatic carbocycles. The zero-order valence-corrected chi connectivity index (χ0v) is 20.1. The van der Waals surface area contributed by atoms with Crippen LogP contribution in [0.4, 0.5) is 18.0 Å². The van der Waals surface area contributed by atoms with E-state index in [1.54, 1.807) is 51.1 Å². The largest absolute Gasteiger partial charge is 0.443 e. The Hall–Kier alpha value is -2.31. The molecule has 0 aliphatic carbocycles. The maximum atomic E-state index is 14.0. The fraction of sp³-hybridized carbons (Fsp3) is 0.615. The summed E-state index contributed by atoms with van der Waals surface area (Å²) in [5.41, 5.74) is -1.67. The van der Waals surface area contributed by atoms with Gasteiger partial charge in [0.05, 0.1) is 0 Å². The SMILES string of the molecule is CCCCCCCCC[C@@H]1C(=O)N(C(=O)OC(C)(C)C)C(C(F)(F)F)=C[C@@H]1c1ccccc1. The topological polar surface area (TPSA) is 46.6 Å². The van der Waals surface area contributed by atoms with Gasteiger partial charge in [-0.15, -0.1) is 0 Å². The second kappa shape index (κ2) is 11.7. The lowest BCUT2D eigenvalue weighted by atomic mass is 9.78.